The van der Waals surface area contributed by atoms with Gasteiger partial charge in [-0.25, -0.2) is 0 Å². The van der Waals surface area contributed by atoms with Crippen LogP contribution in [0, 0.1) is 0 Å². The van der Waals surface area contributed by atoms with E-state index in [0.717, 1.165) is 8.95 Å². The van der Waals surface area contributed by atoms with Crippen LogP contribution in [0.5, 0.6) is 0 Å². The molecule has 0 bridgehead atoms. The molecule has 0 amide bonds. The molecule has 0 fully saturated rings. The summed E-state index contributed by atoms with van der Waals surface area (Å²) in [6, 6.07) is 17.0. The Hall–Kier alpha value is 0.399. The van der Waals surface area contributed by atoms with Gasteiger partial charge in [-0.05, 0) is 0 Å². The van der Waals surface area contributed by atoms with E-state index in [1.807, 2.05) is 0 Å². The maximum atomic E-state index is 3.84. The average Bonchev–Trinajstić information content (AvgIpc) is 2.30. The van der Waals surface area contributed by atoms with E-state index in [9.17, 15) is 0 Å². The quantitative estimate of drug-likeness (QED) is 0.587. The number of benzene rings is 2. The number of hydrogen-bond acceptors (Lipinski definition) is 0. The van der Waals surface area contributed by atoms with Gasteiger partial charge in [0, 0.05) is 0 Å². The van der Waals surface area contributed by atoms with Crippen LogP contribution in [0.4, 0.5) is 0 Å². The van der Waals surface area contributed by atoms with Crippen molar-refractivity contribution in [1.82, 2.24) is 0 Å². The van der Waals surface area contributed by atoms with E-state index in [0.29, 0.717) is 0 Å². The van der Waals surface area contributed by atoms with Gasteiger partial charge in [-0.1, -0.05) is 0 Å². The van der Waals surface area contributed by atoms with Crippen molar-refractivity contribution < 1.29 is 0 Å². The Morgan fingerprint density at radius 3 is 1.25 bits per heavy atom. The summed E-state index contributed by atoms with van der Waals surface area (Å²) in [6.07, 6.45) is 0. The van der Waals surface area contributed by atoms with Crippen LogP contribution >= 0.6 is 46.0 Å². The minimum atomic E-state index is -1.05. The molecule has 4 heteroatoms. The van der Waals surface area contributed by atoms with Gasteiger partial charge in [-0.2, -0.15) is 0 Å². The second kappa shape index (κ2) is 5.83. The first-order valence-electron chi connectivity index (χ1n) is 4.58. The van der Waals surface area contributed by atoms with Gasteiger partial charge in [0.2, 0.25) is 0 Å². The van der Waals surface area contributed by atoms with E-state index in [1.165, 1.54) is 8.92 Å². The van der Waals surface area contributed by atoms with E-state index >= 15 is 0 Å². The summed E-state index contributed by atoms with van der Waals surface area (Å²) in [5.41, 5.74) is 0. The molecule has 0 aliphatic rings. The Labute approximate surface area is 123 Å². The van der Waals surface area contributed by atoms with Crippen molar-refractivity contribution >= 4 is 67.0 Å². The Kier molecular flexibility index (Phi) is 4.68. The van der Waals surface area contributed by atoms with Crippen LogP contribution in [0.15, 0.2) is 57.5 Å². The summed E-state index contributed by atoms with van der Waals surface area (Å²) in [5.74, 6) is 0. The Bertz CT molecular complexity index is 419. The van der Waals surface area contributed by atoms with Gasteiger partial charge >= 0.3 is 124 Å². The molecule has 16 heavy (non-hydrogen) atoms. The van der Waals surface area contributed by atoms with Crippen molar-refractivity contribution in [3.8, 4) is 0 Å². The molecule has 0 radical (unpaired) electrons. The average molecular weight is 471 g/mol. The summed E-state index contributed by atoms with van der Waals surface area (Å²) in [5, 5.41) is 0. The van der Waals surface area contributed by atoms with Crippen LogP contribution in [-0.2, 0) is 0 Å². The molecule has 0 spiro atoms. The van der Waals surface area contributed by atoms with Crippen molar-refractivity contribution in [3.63, 3.8) is 0 Å². The second-order valence-electron chi connectivity index (χ2n) is 3.16. The molecule has 0 N–H and O–H groups in total. The topological polar surface area (TPSA) is 0 Å². The van der Waals surface area contributed by atoms with Crippen molar-refractivity contribution in [2.45, 2.75) is 0 Å². The third-order valence-electron chi connectivity index (χ3n) is 2.04. The fourth-order valence-corrected chi connectivity index (χ4v) is 6.16. The fourth-order valence-electron chi connectivity index (χ4n) is 1.24. The van der Waals surface area contributed by atoms with Crippen LogP contribution in [0.1, 0.15) is 0 Å². The van der Waals surface area contributed by atoms with Gasteiger partial charge in [-0.15, -0.1) is 0 Å². The molecule has 2 rings (SSSR count). The van der Waals surface area contributed by atoms with Gasteiger partial charge in [0.05, 0.1) is 0 Å². The normalized spacial score (nSPS) is 10.8. The maximum absolute atomic E-state index is 3.84. The predicted molar refractivity (Wildman–Crippen MR) is 82.2 cm³/mol. The summed E-state index contributed by atoms with van der Waals surface area (Å²) in [4.78, 5) is 0. The molecule has 82 valence electrons. The Morgan fingerprint density at radius 2 is 0.938 bits per heavy atom. The molecule has 0 aliphatic carbocycles. The van der Waals surface area contributed by atoms with Crippen LogP contribution in [0.3, 0.4) is 0 Å². The predicted octanol–water partition coefficient (Wildman–Crippen LogP) is 3.71. The SMILES string of the molecule is Brc1ccc([Se+](Br)c2ccc(Br)cc2)cc1. The molecule has 0 nitrogen and oxygen atoms in total. The van der Waals surface area contributed by atoms with Gasteiger partial charge in [0.15, 0.2) is 0 Å². The number of hydrogen-bond donors (Lipinski definition) is 0. The van der Waals surface area contributed by atoms with Gasteiger partial charge < -0.3 is 0 Å². The molecule has 2 aromatic carbocycles. The molecular formula is C12H8Br3Se+. The molecule has 0 atom stereocenters. The molecular weight excluding hydrogens is 463 g/mol. The molecule has 0 aromatic heterocycles. The van der Waals surface area contributed by atoms with Crippen LogP contribution < -0.4 is 8.92 Å². The monoisotopic (exact) mass is 469 g/mol. The standard InChI is InChI=1S/C12H8Br3Se/c13-9-1-5-11(6-2-9)16(15)12-7-3-10(14)4-8-12/h1-8H/q+1. The Morgan fingerprint density at radius 1 is 0.625 bits per heavy atom. The summed E-state index contributed by atoms with van der Waals surface area (Å²) >= 11 is 9.70. The Balaban J connectivity index is 2.28. The summed E-state index contributed by atoms with van der Waals surface area (Å²) in [6.45, 7) is 0. The van der Waals surface area contributed by atoms with Crippen LogP contribution in [0.25, 0.3) is 0 Å². The van der Waals surface area contributed by atoms with Crippen LogP contribution in [-0.4, -0.2) is 12.1 Å². The first-order valence-corrected chi connectivity index (χ1v) is 11.9. The third kappa shape index (κ3) is 3.21. The van der Waals surface area contributed by atoms with Crippen molar-refractivity contribution in [2.24, 2.45) is 0 Å². The summed E-state index contributed by atoms with van der Waals surface area (Å²) < 4.78 is 5.01. The molecule has 2 aromatic rings. The van der Waals surface area contributed by atoms with E-state index in [-0.39, 0.29) is 0 Å². The van der Waals surface area contributed by atoms with E-state index < -0.39 is 12.1 Å². The second-order valence-corrected chi connectivity index (χ2v) is 11.4. The zero-order chi connectivity index (χ0) is 11.5. The minimum absolute atomic E-state index is 1.05. The molecule has 0 heterocycles. The van der Waals surface area contributed by atoms with Crippen molar-refractivity contribution in [1.29, 1.82) is 0 Å². The van der Waals surface area contributed by atoms with Gasteiger partial charge in [-0.3, -0.25) is 0 Å². The van der Waals surface area contributed by atoms with E-state index in [2.05, 4.69) is 94.5 Å². The number of rotatable bonds is 2. The fraction of sp³-hybridized carbons (Fsp3) is 0. The zero-order valence-electron chi connectivity index (χ0n) is 8.16. The molecule has 0 aliphatic heterocycles. The molecule has 0 unspecified atom stereocenters. The first kappa shape index (κ1) is 12.8. The number of halogens is 3. The zero-order valence-corrected chi connectivity index (χ0v) is 14.6. The molecule has 0 saturated carbocycles. The van der Waals surface area contributed by atoms with Crippen molar-refractivity contribution in [3.05, 3.63) is 57.5 Å². The third-order valence-corrected chi connectivity index (χ3v) is 9.86. The van der Waals surface area contributed by atoms with Gasteiger partial charge in [0.25, 0.3) is 0 Å². The summed E-state index contributed by atoms with van der Waals surface area (Å²) in [7, 11) is 0. The van der Waals surface area contributed by atoms with E-state index in [4.69, 9.17) is 0 Å². The van der Waals surface area contributed by atoms with Gasteiger partial charge in [0.1, 0.15) is 0 Å². The van der Waals surface area contributed by atoms with Crippen LogP contribution in [0.2, 0.25) is 0 Å². The molecule has 0 saturated heterocycles. The first-order chi connectivity index (χ1) is 7.66. The van der Waals surface area contributed by atoms with Crippen molar-refractivity contribution in [2.75, 3.05) is 0 Å². The van der Waals surface area contributed by atoms with E-state index in [1.54, 1.807) is 0 Å².